The Bertz CT molecular complexity index is 374. The monoisotopic (exact) mass is 321 g/mol. The minimum absolute atomic E-state index is 0.0684. The summed E-state index contributed by atoms with van der Waals surface area (Å²) in [6, 6.07) is 2.63. The Hall–Kier alpha value is -0.520. The Balaban J connectivity index is 2.29. The highest BCUT2D eigenvalue weighted by atomic mass is 79.9. The average Bonchev–Trinajstić information content (AvgIpc) is 2.36. The topological polar surface area (TPSA) is 21.3 Å². The van der Waals surface area contributed by atoms with E-state index in [0.29, 0.717) is 13.2 Å². The lowest BCUT2D eigenvalue weighted by Crippen LogP contribution is -2.18. The van der Waals surface area contributed by atoms with Crippen LogP contribution in [-0.4, -0.2) is 19.8 Å². The Kier molecular flexibility index (Phi) is 7.39. The van der Waals surface area contributed by atoms with Crippen molar-refractivity contribution >= 4 is 15.9 Å². The maximum atomic E-state index is 13.6. The molecule has 2 nitrogen and oxygen atoms in total. The lowest BCUT2D eigenvalue weighted by atomic mass is 10.2. The largest absolute Gasteiger partial charge is 0.381 e. The molecule has 0 aromatic heterocycles. The number of halogens is 3. The third kappa shape index (κ3) is 5.00. The van der Waals surface area contributed by atoms with Crippen LogP contribution in [0.3, 0.4) is 0 Å². The Labute approximate surface area is 115 Å². The van der Waals surface area contributed by atoms with Crippen LogP contribution in [0.4, 0.5) is 8.78 Å². The molecule has 0 radical (unpaired) electrons. The van der Waals surface area contributed by atoms with E-state index in [2.05, 4.69) is 28.2 Å². The molecule has 102 valence electrons. The first kappa shape index (κ1) is 15.5. The molecular formula is C13H18BrF2NO. The van der Waals surface area contributed by atoms with E-state index in [4.69, 9.17) is 4.74 Å². The minimum Gasteiger partial charge on any atom is -0.381 e. The highest BCUT2D eigenvalue weighted by Crippen LogP contribution is 2.21. The van der Waals surface area contributed by atoms with Crippen molar-refractivity contribution in [1.82, 2.24) is 5.32 Å². The second-order valence-corrected chi connectivity index (χ2v) is 4.82. The third-order valence-electron chi connectivity index (χ3n) is 2.43. The number of benzene rings is 1. The van der Waals surface area contributed by atoms with E-state index in [1.807, 2.05) is 0 Å². The summed E-state index contributed by atoms with van der Waals surface area (Å²) in [5, 5.41) is 3.01. The molecule has 0 unspecified atom stereocenters. The quantitative estimate of drug-likeness (QED) is 0.583. The Morgan fingerprint density at radius 1 is 1.28 bits per heavy atom. The van der Waals surface area contributed by atoms with Crippen LogP contribution in [0.25, 0.3) is 0 Å². The Morgan fingerprint density at radius 2 is 2.06 bits per heavy atom. The zero-order chi connectivity index (χ0) is 13.4. The second-order valence-electron chi connectivity index (χ2n) is 3.96. The molecular weight excluding hydrogens is 304 g/mol. The van der Waals surface area contributed by atoms with Gasteiger partial charge in [0.1, 0.15) is 11.6 Å². The lowest BCUT2D eigenvalue weighted by Gasteiger charge is -2.08. The summed E-state index contributed by atoms with van der Waals surface area (Å²) in [4.78, 5) is 0. The van der Waals surface area contributed by atoms with Crippen LogP contribution < -0.4 is 5.32 Å². The van der Waals surface area contributed by atoms with Gasteiger partial charge in [0.2, 0.25) is 0 Å². The van der Waals surface area contributed by atoms with Crippen molar-refractivity contribution in [1.29, 1.82) is 0 Å². The molecule has 0 bridgehead atoms. The maximum absolute atomic E-state index is 13.6. The van der Waals surface area contributed by atoms with Crippen molar-refractivity contribution < 1.29 is 13.5 Å². The molecule has 0 fully saturated rings. The van der Waals surface area contributed by atoms with Crippen LogP contribution in [-0.2, 0) is 11.3 Å². The summed E-state index contributed by atoms with van der Waals surface area (Å²) in [5.41, 5.74) is 0.0684. The van der Waals surface area contributed by atoms with Crippen LogP contribution in [0, 0.1) is 11.6 Å². The maximum Gasteiger partial charge on any atom is 0.144 e. The molecule has 18 heavy (non-hydrogen) atoms. The molecule has 0 saturated heterocycles. The van der Waals surface area contributed by atoms with E-state index in [9.17, 15) is 8.78 Å². The molecule has 0 spiro atoms. The van der Waals surface area contributed by atoms with E-state index in [1.54, 1.807) is 0 Å². The first-order valence-electron chi connectivity index (χ1n) is 6.07. The van der Waals surface area contributed by atoms with Gasteiger partial charge in [-0.05, 0) is 47.4 Å². The molecule has 0 aliphatic heterocycles. The summed E-state index contributed by atoms with van der Waals surface area (Å²) < 4.78 is 32.6. The van der Waals surface area contributed by atoms with Gasteiger partial charge in [-0.15, -0.1) is 0 Å². The predicted molar refractivity (Wildman–Crippen MR) is 71.5 cm³/mol. The van der Waals surface area contributed by atoms with Crippen molar-refractivity contribution in [2.45, 2.75) is 26.3 Å². The van der Waals surface area contributed by atoms with Gasteiger partial charge in [-0.3, -0.25) is 0 Å². The summed E-state index contributed by atoms with van der Waals surface area (Å²) >= 11 is 3.04. The standard InChI is InChI=1S/C13H18BrF2NO/c1-2-7-18-8-3-6-17-9-10-12(15)5-4-11(14)13(10)16/h4-5,17H,2-3,6-9H2,1H3. The lowest BCUT2D eigenvalue weighted by molar-refractivity contribution is 0.132. The van der Waals surface area contributed by atoms with E-state index in [0.717, 1.165) is 19.4 Å². The van der Waals surface area contributed by atoms with Gasteiger partial charge in [-0.25, -0.2) is 8.78 Å². The molecule has 0 saturated carbocycles. The van der Waals surface area contributed by atoms with Gasteiger partial charge in [0.15, 0.2) is 0 Å². The summed E-state index contributed by atoms with van der Waals surface area (Å²) in [6.07, 6.45) is 1.83. The summed E-state index contributed by atoms with van der Waals surface area (Å²) in [5.74, 6) is -1.06. The number of ether oxygens (including phenoxy) is 1. The zero-order valence-corrected chi connectivity index (χ0v) is 12.0. The third-order valence-corrected chi connectivity index (χ3v) is 3.04. The summed E-state index contributed by atoms with van der Waals surface area (Å²) in [6.45, 7) is 4.34. The smallest absolute Gasteiger partial charge is 0.144 e. The fourth-order valence-corrected chi connectivity index (χ4v) is 1.86. The molecule has 1 aromatic carbocycles. The number of hydrogen-bond donors (Lipinski definition) is 1. The van der Waals surface area contributed by atoms with Gasteiger partial charge in [0.05, 0.1) is 4.47 Å². The van der Waals surface area contributed by atoms with Gasteiger partial charge in [-0.1, -0.05) is 6.92 Å². The fourth-order valence-electron chi connectivity index (χ4n) is 1.49. The first-order valence-corrected chi connectivity index (χ1v) is 6.87. The molecule has 0 aliphatic rings. The van der Waals surface area contributed by atoms with Crippen LogP contribution in [0.2, 0.25) is 0 Å². The van der Waals surface area contributed by atoms with Crippen molar-refractivity contribution in [3.05, 3.63) is 33.8 Å². The predicted octanol–water partition coefficient (Wildman–Crippen LogP) is 3.63. The van der Waals surface area contributed by atoms with E-state index in [-0.39, 0.29) is 16.6 Å². The molecule has 0 aliphatic carbocycles. The van der Waals surface area contributed by atoms with Crippen molar-refractivity contribution in [2.75, 3.05) is 19.8 Å². The van der Waals surface area contributed by atoms with E-state index in [1.165, 1.54) is 12.1 Å². The Morgan fingerprint density at radius 3 is 2.78 bits per heavy atom. The SMILES string of the molecule is CCCOCCCNCc1c(F)ccc(Br)c1F. The zero-order valence-electron chi connectivity index (χ0n) is 10.4. The van der Waals surface area contributed by atoms with Crippen molar-refractivity contribution in [2.24, 2.45) is 0 Å². The number of nitrogens with one attached hydrogen (secondary N) is 1. The van der Waals surface area contributed by atoms with Crippen molar-refractivity contribution in [3.63, 3.8) is 0 Å². The van der Waals surface area contributed by atoms with Crippen LogP contribution in [0.5, 0.6) is 0 Å². The fraction of sp³-hybridized carbons (Fsp3) is 0.538. The minimum atomic E-state index is -0.537. The number of rotatable bonds is 8. The van der Waals surface area contributed by atoms with Crippen LogP contribution in [0.15, 0.2) is 16.6 Å². The summed E-state index contributed by atoms with van der Waals surface area (Å²) in [7, 11) is 0. The second kappa shape index (κ2) is 8.56. The van der Waals surface area contributed by atoms with E-state index < -0.39 is 11.6 Å². The van der Waals surface area contributed by atoms with Gasteiger partial charge < -0.3 is 10.1 Å². The molecule has 0 heterocycles. The highest BCUT2D eigenvalue weighted by molar-refractivity contribution is 9.10. The average molecular weight is 322 g/mol. The molecule has 1 aromatic rings. The molecule has 0 atom stereocenters. The van der Waals surface area contributed by atoms with Gasteiger partial charge in [-0.2, -0.15) is 0 Å². The van der Waals surface area contributed by atoms with Crippen LogP contribution >= 0.6 is 15.9 Å². The van der Waals surface area contributed by atoms with Gasteiger partial charge in [0.25, 0.3) is 0 Å². The normalized spacial score (nSPS) is 10.9. The van der Waals surface area contributed by atoms with Gasteiger partial charge >= 0.3 is 0 Å². The molecule has 1 rings (SSSR count). The molecule has 5 heteroatoms. The van der Waals surface area contributed by atoms with Crippen molar-refractivity contribution in [3.8, 4) is 0 Å². The first-order chi connectivity index (χ1) is 8.66. The molecule has 0 amide bonds. The van der Waals surface area contributed by atoms with E-state index >= 15 is 0 Å². The van der Waals surface area contributed by atoms with Gasteiger partial charge in [0, 0.05) is 25.3 Å². The number of hydrogen-bond acceptors (Lipinski definition) is 2. The highest BCUT2D eigenvalue weighted by Gasteiger charge is 2.11. The van der Waals surface area contributed by atoms with Crippen LogP contribution in [0.1, 0.15) is 25.3 Å². The molecule has 1 N–H and O–H groups in total.